The summed E-state index contributed by atoms with van der Waals surface area (Å²) in [5.74, 6) is 0. The molecule has 1 rings (SSSR count). The van der Waals surface area contributed by atoms with E-state index in [-0.39, 0.29) is 0 Å². The summed E-state index contributed by atoms with van der Waals surface area (Å²) in [7, 11) is 0. The molecule has 0 saturated heterocycles. The van der Waals surface area contributed by atoms with Crippen LogP contribution in [0.25, 0.3) is 10.4 Å². The maximum absolute atomic E-state index is 7.89. The first-order valence-corrected chi connectivity index (χ1v) is 3.03. The Balaban J connectivity index is 2.57. The maximum Gasteiger partial charge on any atom is 0.0695 e. The predicted octanol–water partition coefficient (Wildman–Crippen LogP) is 1.75. The van der Waals surface area contributed by atoms with Crippen molar-refractivity contribution in [1.29, 1.82) is 0 Å². The smallest absolute Gasteiger partial charge is 0.0695 e. The van der Waals surface area contributed by atoms with Gasteiger partial charge in [0.05, 0.1) is 17.6 Å². The lowest BCUT2D eigenvalue weighted by Gasteiger charge is -1.78. The van der Waals surface area contributed by atoms with Crippen molar-refractivity contribution in [2.24, 2.45) is 5.11 Å². The molecule has 0 aliphatic heterocycles. The highest BCUT2D eigenvalue weighted by atomic mass is 32.1. The molecule has 5 heteroatoms. The summed E-state index contributed by atoms with van der Waals surface area (Å²) in [5, 5.41) is 6.10. The van der Waals surface area contributed by atoms with Crippen molar-refractivity contribution >= 4 is 11.5 Å². The molecule has 0 aliphatic carbocycles. The quantitative estimate of drug-likeness (QED) is 0.349. The summed E-state index contributed by atoms with van der Waals surface area (Å²) in [6.45, 7) is 0.330. The molecule has 1 aromatic rings. The van der Waals surface area contributed by atoms with Crippen LogP contribution in [0.4, 0.5) is 0 Å². The van der Waals surface area contributed by atoms with Crippen LogP contribution in [0.1, 0.15) is 5.69 Å². The molecule has 1 aromatic heterocycles. The fourth-order valence-electron chi connectivity index (χ4n) is 0.384. The van der Waals surface area contributed by atoms with Crippen LogP contribution in [0.3, 0.4) is 0 Å². The van der Waals surface area contributed by atoms with Gasteiger partial charge < -0.3 is 0 Å². The summed E-state index contributed by atoms with van der Waals surface area (Å²) < 4.78 is 3.88. The van der Waals surface area contributed by atoms with Gasteiger partial charge in [0.1, 0.15) is 0 Å². The van der Waals surface area contributed by atoms with Crippen LogP contribution in [0.2, 0.25) is 0 Å². The van der Waals surface area contributed by atoms with Crippen molar-refractivity contribution in [3.63, 3.8) is 0 Å². The van der Waals surface area contributed by atoms with Crippen LogP contribution < -0.4 is 0 Å². The van der Waals surface area contributed by atoms with Gasteiger partial charge in [0.2, 0.25) is 0 Å². The average molecular weight is 139 g/mol. The Labute approximate surface area is 55.9 Å². The highest BCUT2D eigenvalue weighted by Crippen LogP contribution is 1.99. The van der Waals surface area contributed by atoms with E-state index < -0.39 is 0 Å². The van der Waals surface area contributed by atoms with Crippen LogP contribution in [0.5, 0.6) is 0 Å². The molecule has 0 spiro atoms. The normalized spacial score (nSPS) is 8.44. The molecule has 1 heterocycles. The second kappa shape index (κ2) is 3.06. The van der Waals surface area contributed by atoms with Crippen LogP contribution in [0, 0.1) is 5.38 Å². The van der Waals surface area contributed by atoms with Crippen LogP contribution >= 0.6 is 11.5 Å². The zero-order valence-electron chi connectivity index (χ0n) is 4.48. The number of hydrogen-bond donors (Lipinski definition) is 0. The van der Waals surface area contributed by atoms with Crippen molar-refractivity contribution in [2.45, 2.75) is 6.54 Å². The molecular weight excluding hydrogens is 136 g/mol. The summed E-state index contributed by atoms with van der Waals surface area (Å²) in [6, 6.07) is 1.71. The third-order valence-corrected chi connectivity index (χ3v) is 1.29. The van der Waals surface area contributed by atoms with Crippen LogP contribution in [0.15, 0.2) is 11.2 Å². The summed E-state index contributed by atoms with van der Waals surface area (Å²) in [4.78, 5) is 2.59. The first kappa shape index (κ1) is 6.07. The van der Waals surface area contributed by atoms with E-state index in [9.17, 15) is 0 Å². The zero-order valence-corrected chi connectivity index (χ0v) is 5.30. The highest BCUT2D eigenvalue weighted by Gasteiger charge is 1.88. The lowest BCUT2D eigenvalue weighted by atomic mass is 10.4. The van der Waals surface area contributed by atoms with E-state index in [0.29, 0.717) is 6.54 Å². The summed E-state index contributed by atoms with van der Waals surface area (Å²) >= 11 is 1.23. The third kappa shape index (κ3) is 1.71. The van der Waals surface area contributed by atoms with Gasteiger partial charge in [0, 0.05) is 4.91 Å². The molecule has 0 saturated carbocycles. The molecule has 9 heavy (non-hydrogen) atoms. The number of hydrogen-bond acceptors (Lipinski definition) is 3. The number of aromatic nitrogens is 1. The van der Waals surface area contributed by atoms with Crippen molar-refractivity contribution in [3.8, 4) is 0 Å². The SMILES string of the molecule is [N-]=[N+]=NCc1c[c]sn1. The monoisotopic (exact) mass is 139 g/mol. The van der Waals surface area contributed by atoms with Gasteiger partial charge >= 0.3 is 0 Å². The Morgan fingerprint density at radius 2 is 2.89 bits per heavy atom. The van der Waals surface area contributed by atoms with E-state index in [0.717, 1.165) is 5.69 Å². The van der Waals surface area contributed by atoms with Gasteiger partial charge in [-0.25, -0.2) is 0 Å². The fourth-order valence-corrected chi connectivity index (χ4v) is 0.853. The molecule has 0 amide bonds. The van der Waals surface area contributed by atoms with Crippen LogP contribution in [-0.4, -0.2) is 4.37 Å². The molecular formula is C4H3N4S. The minimum atomic E-state index is 0.330. The van der Waals surface area contributed by atoms with Gasteiger partial charge in [0.15, 0.2) is 0 Å². The van der Waals surface area contributed by atoms with E-state index in [4.69, 9.17) is 5.53 Å². The topological polar surface area (TPSA) is 61.7 Å². The zero-order chi connectivity index (χ0) is 6.53. The molecule has 0 bridgehead atoms. The Bertz CT molecular complexity index is 210. The lowest BCUT2D eigenvalue weighted by Crippen LogP contribution is -1.74. The second-order valence-corrected chi connectivity index (χ2v) is 1.93. The van der Waals surface area contributed by atoms with Crippen LogP contribution in [-0.2, 0) is 6.54 Å². The minimum absolute atomic E-state index is 0.330. The first-order chi connectivity index (χ1) is 4.43. The van der Waals surface area contributed by atoms with Gasteiger partial charge in [-0.1, -0.05) is 5.11 Å². The molecule has 45 valence electrons. The van der Waals surface area contributed by atoms with Gasteiger partial charge in [-0.2, -0.15) is 4.37 Å². The van der Waals surface area contributed by atoms with E-state index in [1.54, 1.807) is 6.07 Å². The van der Waals surface area contributed by atoms with Crippen molar-refractivity contribution in [1.82, 2.24) is 4.37 Å². The van der Waals surface area contributed by atoms with Crippen molar-refractivity contribution in [3.05, 3.63) is 27.6 Å². The lowest BCUT2D eigenvalue weighted by molar-refractivity contribution is 1.01. The molecule has 1 radical (unpaired) electrons. The Morgan fingerprint density at radius 3 is 3.44 bits per heavy atom. The van der Waals surface area contributed by atoms with E-state index in [1.807, 2.05) is 0 Å². The molecule has 0 N–H and O–H groups in total. The molecule has 0 atom stereocenters. The van der Waals surface area contributed by atoms with Gasteiger partial charge in [-0.05, 0) is 23.1 Å². The maximum atomic E-state index is 7.89. The standard InChI is InChI=1S/C4H3N4S/c5-8-6-3-4-1-2-9-7-4/h1H,3H2. The van der Waals surface area contributed by atoms with E-state index in [2.05, 4.69) is 19.8 Å². The van der Waals surface area contributed by atoms with E-state index >= 15 is 0 Å². The highest BCUT2D eigenvalue weighted by molar-refractivity contribution is 7.03. The summed E-state index contributed by atoms with van der Waals surface area (Å²) in [6.07, 6.45) is 0. The van der Waals surface area contributed by atoms with Gasteiger partial charge in [-0.15, -0.1) is 0 Å². The molecule has 0 aliphatic rings. The minimum Gasteiger partial charge on any atom is -0.197 e. The second-order valence-electron chi connectivity index (χ2n) is 1.33. The predicted molar refractivity (Wildman–Crippen MR) is 33.8 cm³/mol. The Hall–Kier alpha value is -1.06. The van der Waals surface area contributed by atoms with Crippen molar-refractivity contribution in [2.75, 3.05) is 0 Å². The average Bonchev–Trinajstić information content (AvgIpc) is 2.34. The van der Waals surface area contributed by atoms with Crippen molar-refractivity contribution < 1.29 is 0 Å². The number of nitrogens with zero attached hydrogens (tertiary/aromatic N) is 4. The molecule has 0 aromatic carbocycles. The molecule has 0 unspecified atom stereocenters. The first-order valence-electron chi connectivity index (χ1n) is 2.26. The third-order valence-electron chi connectivity index (χ3n) is 0.737. The summed E-state index contributed by atoms with van der Waals surface area (Å²) in [5.41, 5.74) is 8.66. The van der Waals surface area contributed by atoms with Gasteiger partial charge in [-0.3, -0.25) is 0 Å². The molecule has 0 fully saturated rings. The molecule has 4 nitrogen and oxygen atoms in total. The Morgan fingerprint density at radius 1 is 2.00 bits per heavy atom. The van der Waals surface area contributed by atoms with E-state index in [1.165, 1.54) is 11.5 Å². The Kier molecular flexibility index (Phi) is 2.06. The largest absolute Gasteiger partial charge is 0.197 e. The fraction of sp³-hybridized carbons (Fsp3) is 0.250. The number of rotatable bonds is 2. The number of azide groups is 1. The van der Waals surface area contributed by atoms with Gasteiger partial charge in [0.25, 0.3) is 0 Å².